The number of halogens is 3. The molecule has 49 heavy (non-hydrogen) atoms. The lowest BCUT2D eigenvalue weighted by atomic mass is 9.96. The van der Waals surface area contributed by atoms with Gasteiger partial charge in [0, 0.05) is 12.0 Å². The van der Waals surface area contributed by atoms with Crippen LogP contribution in [0, 0.1) is 17.2 Å². The average Bonchev–Trinajstić information content (AvgIpc) is 3.07. The Hall–Kier alpha value is -5.62. The molecule has 0 saturated carbocycles. The largest absolute Gasteiger partial charge is 0.497 e. The second-order valence-corrected chi connectivity index (χ2v) is 11.2. The topological polar surface area (TPSA) is 187 Å². The predicted octanol–water partition coefficient (Wildman–Crippen LogP) is 3.29. The van der Waals surface area contributed by atoms with Crippen molar-refractivity contribution in [3.8, 4) is 17.6 Å². The van der Waals surface area contributed by atoms with Crippen LogP contribution in [0.5, 0.6) is 11.5 Å². The first-order valence-corrected chi connectivity index (χ1v) is 14.9. The molecule has 0 spiro atoms. The Morgan fingerprint density at radius 2 is 1.53 bits per heavy atom. The normalized spacial score (nSPS) is 13.6. The number of hydrogen-bond donors (Lipinski definition) is 5. The molecule has 0 heterocycles. The molecule has 5 N–H and O–H groups in total. The number of ether oxygens (including phenoxy) is 2. The molecule has 0 aliphatic rings. The van der Waals surface area contributed by atoms with Crippen molar-refractivity contribution in [1.82, 2.24) is 16.0 Å². The van der Waals surface area contributed by atoms with Crippen LogP contribution in [0.1, 0.15) is 46.9 Å². The third kappa shape index (κ3) is 11.0. The van der Waals surface area contributed by atoms with Gasteiger partial charge in [-0.3, -0.25) is 14.4 Å². The van der Waals surface area contributed by atoms with Gasteiger partial charge in [-0.05, 0) is 65.6 Å². The number of carboxylic acids is 1. The molecule has 0 saturated heterocycles. The summed E-state index contributed by atoms with van der Waals surface area (Å²) in [6.07, 6.45) is -8.11. The van der Waals surface area contributed by atoms with Crippen molar-refractivity contribution in [3.05, 3.63) is 95.1 Å². The highest BCUT2D eigenvalue weighted by Crippen LogP contribution is 2.27. The minimum atomic E-state index is -5.05. The number of nitrogens with one attached hydrogen (secondary N) is 3. The Kier molecular flexibility index (Phi) is 13.1. The zero-order valence-corrected chi connectivity index (χ0v) is 26.7. The van der Waals surface area contributed by atoms with Crippen molar-refractivity contribution in [2.24, 2.45) is 5.92 Å². The van der Waals surface area contributed by atoms with E-state index in [1.54, 1.807) is 12.1 Å². The van der Waals surface area contributed by atoms with Gasteiger partial charge in [-0.2, -0.15) is 18.4 Å². The lowest BCUT2D eigenvalue weighted by Crippen LogP contribution is -2.56. The number of hydrogen-bond acceptors (Lipinski definition) is 8. The van der Waals surface area contributed by atoms with Crippen molar-refractivity contribution >= 4 is 23.7 Å². The summed E-state index contributed by atoms with van der Waals surface area (Å²) in [5, 5.41) is 35.5. The average molecular weight is 685 g/mol. The van der Waals surface area contributed by atoms with Gasteiger partial charge in [0.15, 0.2) is 12.7 Å². The van der Waals surface area contributed by atoms with E-state index in [0.29, 0.717) is 11.3 Å². The fourth-order valence-corrected chi connectivity index (χ4v) is 4.70. The molecule has 0 bridgehead atoms. The van der Waals surface area contributed by atoms with Crippen molar-refractivity contribution in [2.45, 2.75) is 50.7 Å². The van der Waals surface area contributed by atoms with Crippen LogP contribution in [0.25, 0.3) is 0 Å². The number of nitrogens with zero attached hydrogens (tertiary/aromatic N) is 1. The quantitative estimate of drug-likeness (QED) is 0.160. The lowest BCUT2D eigenvalue weighted by Gasteiger charge is -2.31. The molecule has 3 aromatic carbocycles. The molecule has 3 amide bonds. The van der Waals surface area contributed by atoms with Gasteiger partial charge in [0.05, 0.1) is 24.8 Å². The number of aliphatic hydroxyl groups is 1. The number of aliphatic hydroxyl groups excluding tert-OH is 1. The number of benzene rings is 3. The Morgan fingerprint density at radius 3 is 2.08 bits per heavy atom. The Balaban J connectivity index is 1.96. The van der Waals surface area contributed by atoms with Crippen molar-refractivity contribution < 1.29 is 52.0 Å². The molecule has 0 fully saturated rings. The first-order chi connectivity index (χ1) is 23.1. The lowest BCUT2D eigenvalue weighted by molar-refractivity contribution is -0.215. The van der Waals surface area contributed by atoms with Gasteiger partial charge in [0.25, 0.3) is 5.91 Å². The van der Waals surface area contributed by atoms with Crippen LogP contribution in [-0.2, 0) is 20.8 Å². The third-order valence-corrected chi connectivity index (χ3v) is 7.30. The molecule has 4 atom stereocenters. The van der Waals surface area contributed by atoms with Gasteiger partial charge >= 0.3 is 12.1 Å². The van der Waals surface area contributed by atoms with E-state index in [-0.39, 0.29) is 28.9 Å². The number of aliphatic carboxylic acids is 1. The summed E-state index contributed by atoms with van der Waals surface area (Å²) < 4.78 is 50.6. The minimum absolute atomic E-state index is 0.0663. The van der Waals surface area contributed by atoms with Gasteiger partial charge in [-0.15, -0.1) is 0 Å². The Bertz CT molecular complexity index is 1660. The van der Waals surface area contributed by atoms with E-state index < -0.39 is 66.6 Å². The molecular formula is C34H35F3N4O8. The van der Waals surface area contributed by atoms with Crippen LogP contribution in [0.2, 0.25) is 0 Å². The zero-order valence-electron chi connectivity index (χ0n) is 26.7. The van der Waals surface area contributed by atoms with Gasteiger partial charge in [0.2, 0.25) is 11.8 Å². The summed E-state index contributed by atoms with van der Waals surface area (Å²) in [7, 11) is 1.40. The Labute approximate surface area is 279 Å². The molecule has 15 heteroatoms. The van der Waals surface area contributed by atoms with Crippen molar-refractivity contribution in [1.29, 1.82) is 5.26 Å². The first-order valence-electron chi connectivity index (χ1n) is 14.9. The Morgan fingerprint density at radius 1 is 0.898 bits per heavy atom. The number of carbonyl (C=O) groups is 4. The summed E-state index contributed by atoms with van der Waals surface area (Å²) in [5.41, 5.74) is 0.967. The van der Waals surface area contributed by atoms with E-state index in [2.05, 4.69) is 16.0 Å². The monoisotopic (exact) mass is 684 g/mol. The van der Waals surface area contributed by atoms with Crippen LogP contribution in [0.15, 0.2) is 72.8 Å². The van der Waals surface area contributed by atoms with Gasteiger partial charge in [-0.25, -0.2) is 4.79 Å². The first kappa shape index (κ1) is 37.8. The van der Waals surface area contributed by atoms with Crippen LogP contribution in [0.4, 0.5) is 13.2 Å². The maximum atomic E-state index is 13.9. The molecule has 260 valence electrons. The number of rotatable bonds is 15. The number of alkyl halides is 3. The van der Waals surface area contributed by atoms with Gasteiger partial charge in [0.1, 0.15) is 23.6 Å². The van der Waals surface area contributed by atoms with Crippen molar-refractivity contribution in [2.75, 3.05) is 13.7 Å². The van der Waals surface area contributed by atoms with Gasteiger partial charge in [-0.1, -0.05) is 38.1 Å². The van der Waals surface area contributed by atoms with E-state index in [1.807, 2.05) is 6.07 Å². The van der Waals surface area contributed by atoms with E-state index in [1.165, 1.54) is 81.6 Å². The van der Waals surface area contributed by atoms with Gasteiger partial charge < -0.3 is 35.6 Å². The van der Waals surface area contributed by atoms with Crippen LogP contribution in [0.3, 0.4) is 0 Å². The highest BCUT2D eigenvalue weighted by atomic mass is 19.4. The second-order valence-electron chi connectivity index (χ2n) is 11.2. The van der Waals surface area contributed by atoms with Crippen LogP contribution >= 0.6 is 0 Å². The molecular weight excluding hydrogens is 649 g/mol. The minimum Gasteiger partial charge on any atom is -0.497 e. The molecule has 0 aliphatic carbocycles. The SMILES string of the molecule is COc1ccc(C(NC(=O)C(Cc2cccc(C#N)c2)NC(=O)c2ccc(OCC(=O)O)cc2)C(=O)NC(C(C)C)C(O)C(F)(F)F)cc1. The van der Waals surface area contributed by atoms with E-state index in [4.69, 9.17) is 14.6 Å². The third-order valence-electron chi connectivity index (χ3n) is 7.30. The fraction of sp³-hybridized carbons (Fsp3) is 0.324. The smallest absolute Gasteiger partial charge is 0.416 e. The predicted molar refractivity (Wildman–Crippen MR) is 168 cm³/mol. The number of methoxy groups -OCH3 is 1. The summed E-state index contributed by atoms with van der Waals surface area (Å²) in [6.45, 7) is 2.16. The highest BCUT2D eigenvalue weighted by Gasteiger charge is 2.46. The van der Waals surface area contributed by atoms with Crippen LogP contribution in [-0.4, -0.2) is 72.0 Å². The molecule has 3 rings (SSSR count). The molecule has 3 aromatic rings. The molecule has 0 aliphatic heterocycles. The number of carbonyl (C=O) groups excluding carboxylic acids is 3. The van der Waals surface area contributed by atoms with Crippen molar-refractivity contribution in [3.63, 3.8) is 0 Å². The zero-order chi connectivity index (χ0) is 36.3. The highest BCUT2D eigenvalue weighted by molar-refractivity contribution is 5.98. The maximum Gasteiger partial charge on any atom is 0.416 e. The molecule has 12 nitrogen and oxygen atoms in total. The molecule has 0 aromatic heterocycles. The number of carboxylic acid groups (broad SMARTS) is 1. The molecule has 0 radical (unpaired) electrons. The van der Waals surface area contributed by atoms with E-state index >= 15 is 0 Å². The standard InChI is InChI=1S/C34H35F3N4O8/c1-19(2)28(30(44)34(35,36)37)40-33(47)29(22-7-11-24(48-3)12-8-22)41-32(46)26(16-20-5-4-6-21(15-20)17-38)39-31(45)23-9-13-25(14-10-23)49-18-27(42)43/h4-15,19,26,28-30,44H,16,18H2,1-3H3,(H,39,45)(H,40,47)(H,41,46)(H,42,43). The number of nitriles is 1. The summed E-state index contributed by atoms with van der Waals surface area (Å²) in [6, 6.07) is 14.7. The van der Waals surface area contributed by atoms with Crippen LogP contribution < -0.4 is 25.4 Å². The summed E-state index contributed by atoms with van der Waals surface area (Å²) >= 11 is 0. The fourth-order valence-electron chi connectivity index (χ4n) is 4.70. The summed E-state index contributed by atoms with van der Waals surface area (Å²) in [4.78, 5) is 51.6. The van der Waals surface area contributed by atoms with E-state index in [9.17, 15) is 42.7 Å². The summed E-state index contributed by atoms with van der Waals surface area (Å²) in [5.74, 6) is -4.20. The molecule has 4 unspecified atom stereocenters. The number of amides is 3. The van der Waals surface area contributed by atoms with E-state index in [0.717, 1.165) is 0 Å². The maximum absolute atomic E-state index is 13.9. The second kappa shape index (κ2) is 17.0.